The third-order valence-electron chi connectivity index (χ3n) is 9.23. The van der Waals surface area contributed by atoms with Crippen molar-refractivity contribution < 1.29 is 28.4 Å². The summed E-state index contributed by atoms with van der Waals surface area (Å²) in [5.74, 6) is -0.224. The van der Waals surface area contributed by atoms with E-state index in [4.69, 9.17) is 14.8 Å². The van der Waals surface area contributed by atoms with E-state index in [-0.39, 0.29) is 25.7 Å². The number of carbonyl (C=O) groups is 1. The molecule has 3 unspecified atom stereocenters. The molecule has 0 saturated heterocycles. The maximum atomic E-state index is 12.8. The van der Waals surface area contributed by atoms with Crippen molar-refractivity contribution in [2.24, 2.45) is 5.73 Å². The molecule has 318 valence electrons. The Labute approximate surface area is 337 Å². The molecule has 9 heteroatoms. The summed E-state index contributed by atoms with van der Waals surface area (Å²) in [6.07, 6.45) is 53.8. The number of allylic oxidation sites excluding steroid dienone is 11. The fourth-order valence-electron chi connectivity index (χ4n) is 5.87. The largest absolute Gasteiger partial charge is 0.472 e. The fourth-order valence-corrected chi connectivity index (χ4v) is 6.63. The number of aliphatic hydroxyl groups excluding tert-OH is 1. The van der Waals surface area contributed by atoms with Crippen LogP contribution in [-0.4, -0.2) is 47.8 Å². The first-order valence-corrected chi connectivity index (χ1v) is 23.6. The predicted molar refractivity (Wildman–Crippen MR) is 235 cm³/mol. The summed E-state index contributed by atoms with van der Waals surface area (Å²) in [6, 6.07) is -0.894. The van der Waals surface area contributed by atoms with Gasteiger partial charge in [-0.05, 0) is 83.5 Å². The Kier molecular flexibility index (Phi) is 40.0. The van der Waals surface area contributed by atoms with Crippen LogP contribution < -0.4 is 11.1 Å². The normalized spacial score (nSPS) is 14.8. The van der Waals surface area contributed by atoms with Crippen LogP contribution in [-0.2, 0) is 18.4 Å². The average Bonchev–Trinajstić information content (AvgIpc) is 3.17. The van der Waals surface area contributed by atoms with Crippen LogP contribution >= 0.6 is 7.82 Å². The van der Waals surface area contributed by atoms with Gasteiger partial charge in [0.2, 0.25) is 5.91 Å². The highest BCUT2D eigenvalue weighted by atomic mass is 31.2. The van der Waals surface area contributed by atoms with E-state index in [2.05, 4.69) is 79.9 Å². The molecule has 0 saturated carbocycles. The van der Waals surface area contributed by atoms with Crippen LogP contribution in [0.4, 0.5) is 0 Å². The van der Waals surface area contributed by atoms with Gasteiger partial charge in [0.15, 0.2) is 0 Å². The van der Waals surface area contributed by atoms with E-state index in [0.29, 0.717) is 6.42 Å². The Morgan fingerprint density at radius 2 is 1.02 bits per heavy atom. The lowest BCUT2D eigenvalue weighted by Crippen LogP contribution is -2.45. The minimum Gasteiger partial charge on any atom is -0.387 e. The van der Waals surface area contributed by atoms with E-state index in [0.717, 1.165) is 70.6 Å². The van der Waals surface area contributed by atoms with E-state index in [1.165, 1.54) is 89.9 Å². The Morgan fingerprint density at radius 3 is 1.53 bits per heavy atom. The monoisotopic (exact) mass is 791 g/mol. The molecule has 55 heavy (non-hydrogen) atoms. The second kappa shape index (κ2) is 41.6. The van der Waals surface area contributed by atoms with Crippen LogP contribution in [0.3, 0.4) is 0 Å². The third-order valence-corrected chi connectivity index (χ3v) is 10.2. The molecule has 0 heterocycles. The Balaban J connectivity index is 4.30. The standard InChI is InChI=1S/C46H83N2O6P/c1-3-5-7-9-11-13-15-17-19-20-21-22-23-24-26-28-30-32-34-36-38-40-46(50)48-44(43-54-55(51,52)53-42-41-47)45(49)39-37-35-33-31-29-27-25-18-16-14-12-10-8-6-4-2/h15-18,20-21,23-24,29,31,37,39,44-45,49H,3-14,19,22,25-28,30,32-36,38,40-43,47H2,1-2H3,(H,48,50)(H,51,52)/b17-15-,18-16+,21-20-,24-23-,31-29+,39-37+. The van der Waals surface area contributed by atoms with Crippen LogP contribution in [0, 0.1) is 0 Å². The number of nitrogens with two attached hydrogens (primary N) is 1. The molecule has 0 aromatic heterocycles. The number of unbranched alkanes of at least 4 members (excludes halogenated alkanes) is 18. The highest BCUT2D eigenvalue weighted by Gasteiger charge is 2.26. The lowest BCUT2D eigenvalue weighted by molar-refractivity contribution is -0.123. The molecule has 1 amide bonds. The summed E-state index contributed by atoms with van der Waals surface area (Å²) < 4.78 is 22.1. The van der Waals surface area contributed by atoms with E-state index in [1.807, 2.05) is 6.08 Å². The quantitative estimate of drug-likeness (QED) is 0.0276. The third kappa shape index (κ3) is 40.0. The Hall–Kier alpha value is -2.06. The molecule has 0 rings (SSSR count). The van der Waals surface area contributed by atoms with Crippen molar-refractivity contribution in [1.29, 1.82) is 0 Å². The fraction of sp³-hybridized carbons (Fsp3) is 0.717. The molecule has 0 aliphatic rings. The minimum atomic E-state index is -4.36. The van der Waals surface area contributed by atoms with Crippen molar-refractivity contribution in [3.05, 3.63) is 72.9 Å². The van der Waals surface area contributed by atoms with Gasteiger partial charge in [-0.25, -0.2) is 4.57 Å². The second-order valence-corrected chi connectivity index (χ2v) is 16.0. The lowest BCUT2D eigenvalue weighted by Gasteiger charge is -2.23. The molecular weight excluding hydrogens is 707 g/mol. The first kappa shape index (κ1) is 52.9. The number of aliphatic hydroxyl groups is 1. The second-order valence-electron chi connectivity index (χ2n) is 14.5. The zero-order valence-electron chi connectivity index (χ0n) is 35.1. The maximum absolute atomic E-state index is 12.8. The van der Waals surface area contributed by atoms with Gasteiger partial charge in [0.1, 0.15) is 0 Å². The molecule has 5 N–H and O–H groups in total. The van der Waals surface area contributed by atoms with Crippen molar-refractivity contribution in [3.63, 3.8) is 0 Å². The van der Waals surface area contributed by atoms with Gasteiger partial charge in [-0.2, -0.15) is 0 Å². The SMILES string of the molecule is CCCCCCC/C=C\C/C=C\C/C=C\CCCCCCCCC(=O)NC(COP(=O)(O)OCCN)C(O)/C=C/CC/C=C/CC/C=C/CCCCCCC. The summed E-state index contributed by atoms with van der Waals surface area (Å²) in [6.45, 7) is 4.05. The number of amides is 1. The van der Waals surface area contributed by atoms with Crippen LogP contribution in [0.1, 0.15) is 181 Å². The molecule has 0 bridgehead atoms. The van der Waals surface area contributed by atoms with Crippen LogP contribution in [0.5, 0.6) is 0 Å². The summed E-state index contributed by atoms with van der Waals surface area (Å²) in [4.78, 5) is 22.7. The van der Waals surface area contributed by atoms with Crippen LogP contribution in [0.15, 0.2) is 72.9 Å². The molecule has 3 atom stereocenters. The topological polar surface area (TPSA) is 131 Å². The van der Waals surface area contributed by atoms with Crippen molar-refractivity contribution in [3.8, 4) is 0 Å². The van der Waals surface area contributed by atoms with E-state index in [9.17, 15) is 19.4 Å². The first-order chi connectivity index (χ1) is 26.9. The Morgan fingerprint density at radius 1 is 0.600 bits per heavy atom. The van der Waals surface area contributed by atoms with Crippen LogP contribution in [0.25, 0.3) is 0 Å². The first-order valence-electron chi connectivity index (χ1n) is 22.1. The highest BCUT2D eigenvalue weighted by Crippen LogP contribution is 2.43. The van der Waals surface area contributed by atoms with Gasteiger partial charge in [0, 0.05) is 13.0 Å². The van der Waals surface area contributed by atoms with Gasteiger partial charge >= 0.3 is 7.82 Å². The molecule has 8 nitrogen and oxygen atoms in total. The van der Waals surface area contributed by atoms with Gasteiger partial charge in [0.05, 0.1) is 25.4 Å². The number of phosphoric acid groups is 1. The van der Waals surface area contributed by atoms with Crippen molar-refractivity contribution >= 4 is 13.7 Å². The van der Waals surface area contributed by atoms with Gasteiger partial charge in [-0.3, -0.25) is 13.8 Å². The summed E-state index contributed by atoms with van der Waals surface area (Å²) in [5, 5.41) is 13.6. The summed E-state index contributed by atoms with van der Waals surface area (Å²) >= 11 is 0. The van der Waals surface area contributed by atoms with Gasteiger partial charge in [0.25, 0.3) is 0 Å². The van der Waals surface area contributed by atoms with Gasteiger partial charge < -0.3 is 21.1 Å². The molecule has 0 aromatic rings. The molecule has 0 fully saturated rings. The number of nitrogens with one attached hydrogen (secondary N) is 1. The number of hydrogen-bond acceptors (Lipinski definition) is 6. The van der Waals surface area contributed by atoms with E-state index in [1.54, 1.807) is 6.08 Å². The number of hydrogen-bond donors (Lipinski definition) is 4. The van der Waals surface area contributed by atoms with Crippen LogP contribution in [0.2, 0.25) is 0 Å². The number of phosphoric ester groups is 1. The zero-order valence-corrected chi connectivity index (χ0v) is 36.0. The maximum Gasteiger partial charge on any atom is 0.472 e. The van der Waals surface area contributed by atoms with Crippen molar-refractivity contribution in [1.82, 2.24) is 5.32 Å². The summed E-state index contributed by atoms with van der Waals surface area (Å²) in [5.41, 5.74) is 5.37. The van der Waals surface area contributed by atoms with Crippen molar-refractivity contribution in [2.75, 3.05) is 19.8 Å². The molecular formula is C46H83N2O6P. The zero-order chi connectivity index (χ0) is 40.3. The molecule has 0 aliphatic carbocycles. The molecule has 0 aromatic carbocycles. The molecule has 0 spiro atoms. The Bertz CT molecular complexity index is 1090. The average molecular weight is 791 g/mol. The number of rotatable bonds is 40. The molecule has 0 radical (unpaired) electrons. The molecule has 0 aliphatic heterocycles. The smallest absolute Gasteiger partial charge is 0.387 e. The van der Waals surface area contributed by atoms with Gasteiger partial charge in [-0.1, -0.05) is 164 Å². The predicted octanol–water partition coefficient (Wildman–Crippen LogP) is 12.4. The van der Waals surface area contributed by atoms with Crippen molar-refractivity contribution in [2.45, 2.75) is 193 Å². The minimum absolute atomic E-state index is 0.0659. The van der Waals surface area contributed by atoms with E-state index < -0.39 is 20.0 Å². The highest BCUT2D eigenvalue weighted by molar-refractivity contribution is 7.47. The lowest BCUT2D eigenvalue weighted by atomic mass is 10.1. The van der Waals surface area contributed by atoms with E-state index >= 15 is 0 Å². The number of carbonyl (C=O) groups excluding carboxylic acids is 1. The van der Waals surface area contributed by atoms with Gasteiger partial charge in [-0.15, -0.1) is 0 Å². The summed E-state index contributed by atoms with van der Waals surface area (Å²) in [7, 11) is -4.36.